The molecule has 0 aromatic heterocycles. The van der Waals surface area contributed by atoms with E-state index >= 15 is 0 Å². The van der Waals surface area contributed by atoms with E-state index in [0.29, 0.717) is 0 Å². The van der Waals surface area contributed by atoms with Crippen LogP contribution in [0.5, 0.6) is 0 Å². The van der Waals surface area contributed by atoms with E-state index in [2.05, 4.69) is 56.3 Å². The molecule has 0 atom stereocenters. The molecule has 0 amide bonds. The Kier molecular flexibility index (Phi) is 5.35. The van der Waals surface area contributed by atoms with E-state index in [4.69, 9.17) is 0 Å². The zero-order chi connectivity index (χ0) is 11.8. The van der Waals surface area contributed by atoms with E-state index in [1.54, 1.807) is 0 Å². The predicted octanol–water partition coefficient (Wildman–Crippen LogP) is 3.18. The number of benzene rings is 1. The summed E-state index contributed by atoms with van der Waals surface area (Å²) in [5.41, 5.74) is 1.44. The van der Waals surface area contributed by atoms with Crippen molar-refractivity contribution in [2.24, 2.45) is 0 Å². The second-order valence-electron chi connectivity index (χ2n) is 3.80. The first-order chi connectivity index (χ1) is 7.79. The standard InChI is InChI=1S/C16H20/c1-4-6-7-8-11-15-12-9-10-13-16(15)14(3)5-2/h4,6-13H,5H2,1-3H3/b6-4-,8-7+,15-11-,16-14-. The summed E-state index contributed by atoms with van der Waals surface area (Å²) in [6.45, 7) is 6.41. The fraction of sp³-hybridized carbons (Fsp3) is 0.250. The highest BCUT2D eigenvalue weighted by Crippen LogP contribution is 1.94. The van der Waals surface area contributed by atoms with Crippen molar-refractivity contribution in [3.63, 3.8) is 0 Å². The molecule has 0 nitrogen and oxygen atoms in total. The third-order valence-electron chi connectivity index (χ3n) is 2.64. The molecule has 1 aromatic carbocycles. The summed E-state index contributed by atoms with van der Waals surface area (Å²) < 4.78 is 0. The number of allylic oxidation sites excluding steroid dienone is 4. The average Bonchev–Trinajstić information content (AvgIpc) is 2.34. The molecule has 0 heterocycles. The molecule has 1 aromatic rings. The Balaban J connectivity index is 3.24. The van der Waals surface area contributed by atoms with Crippen molar-refractivity contribution in [1.82, 2.24) is 0 Å². The van der Waals surface area contributed by atoms with Crippen LogP contribution in [-0.4, -0.2) is 0 Å². The molecule has 0 bridgehead atoms. The molecule has 0 heteroatoms. The summed E-state index contributed by atoms with van der Waals surface area (Å²) in [7, 11) is 0. The monoisotopic (exact) mass is 212 g/mol. The minimum atomic E-state index is 1.10. The van der Waals surface area contributed by atoms with Gasteiger partial charge in [-0.25, -0.2) is 0 Å². The van der Waals surface area contributed by atoms with Gasteiger partial charge in [0.1, 0.15) is 0 Å². The third kappa shape index (κ3) is 3.54. The predicted molar refractivity (Wildman–Crippen MR) is 73.5 cm³/mol. The Morgan fingerprint density at radius 2 is 1.88 bits per heavy atom. The van der Waals surface area contributed by atoms with Crippen molar-refractivity contribution in [3.8, 4) is 0 Å². The molecule has 0 aliphatic carbocycles. The lowest BCUT2D eigenvalue weighted by molar-refractivity contribution is 1.20. The number of rotatable bonds is 3. The van der Waals surface area contributed by atoms with E-state index in [1.807, 2.05) is 19.1 Å². The second kappa shape index (κ2) is 6.84. The van der Waals surface area contributed by atoms with Crippen molar-refractivity contribution in [3.05, 3.63) is 59.0 Å². The smallest absolute Gasteiger partial charge is 0.0185 e. The van der Waals surface area contributed by atoms with E-state index < -0.39 is 0 Å². The van der Waals surface area contributed by atoms with Crippen molar-refractivity contribution in [1.29, 1.82) is 0 Å². The van der Waals surface area contributed by atoms with Crippen LogP contribution in [0.25, 0.3) is 11.6 Å². The Bertz CT molecular complexity index is 487. The topological polar surface area (TPSA) is 0 Å². The van der Waals surface area contributed by atoms with E-state index in [-0.39, 0.29) is 0 Å². The number of hydrogen-bond donors (Lipinski definition) is 0. The molecule has 0 spiro atoms. The SMILES string of the molecule is C\C=C/C=C/C=c1/cccc/c1=C(\C)CC. The first kappa shape index (κ1) is 12.5. The lowest BCUT2D eigenvalue weighted by Crippen LogP contribution is -2.25. The highest BCUT2D eigenvalue weighted by Gasteiger charge is 1.88. The Hall–Kier alpha value is -1.56. The van der Waals surface area contributed by atoms with Gasteiger partial charge in [-0.15, -0.1) is 0 Å². The Morgan fingerprint density at radius 3 is 2.56 bits per heavy atom. The van der Waals surface area contributed by atoms with Crippen LogP contribution in [0.4, 0.5) is 0 Å². The van der Waals surface area contributed by atoms with Gasteiger partial charge in [-0.05, 0) is 30.7 Å². The van der Waals surface area contributed by atoms with Crippen LogP contribution in [0, 0.1) is 0 Å². The van der Waals surface area contributed by atoms with Crippen molar-refractivity contribution in [2.45, 2.75) is 27.2 Å². The third-order valence-corrected chi connectivity index (χ3v) is 2.64. The van der Waals surface area contributed by atoms with Gasteiger partial charge in [0.2, 0.25) is 0 Å². The first-order valence-electron chi connectivity index (χ1n) is 5.84. The van der Waals surface area contributed by atoms with Gasteiger partial charge < -0.3 is 0 Å². The van der Waals surface area contributed by atoms with Gasteiger partial charge in [-0.2, -0.15) is 0 Å². The molecular formula is C16H20. The fourth-order valence-electron chi connectivity index (χ4n) is 1.56. The van der Waals surface area contributed by atoms with Gasteiger partial charge in [0.15, 0.2) is 0 Å². The molecular weight excluding hydrogens is 192 g/mol. The highest BCUT2D eigenvalue weighted by atomic mass is 13.9. The molecule has 0 fully saturated rings. The van der Waals surface area contributed by atoms with E-state index in [9.17, 15) is 0 Å². The maximum Gasteiger partial charge on any atom is -0.0185 e. The van der Waals surface area contributed by atoms with Crippen molar-refractivity contribution in [2.75, 3.05) is 0 Å². The van der Waals surface area contributed by atoms with Gasteiger partial charge in [-0.1, -0.05) is 67.1 Å². The van der Waals surface area contributed by atoms with Gasteiger partial charge >= 0.3 is 0 Å². The van der Waals surface area contributed by atoms with Crippen LogP contribution in [-0.2, 0) is 0 Å². The second-order valence-corrected chi connectivity index (χ2v) is 3.80. The van der Waals surface area contributed by atoms with Crippen LogP contribution in [0.2, 0.25) is 0 Å². The minimum absolute atomic E-state index is 1.10. The quantitative estimate of drug-likeness (QED) is 0.675. The summed E-state index contributed by atoms with van der Waals surface area (Å²) in [5, 5.41) is 2.65. The zero-order valence-corrected chi connectivity index (χ0v) is 10.4. The summed E-state index contributed by atoms with van der Waals surface area (Å²) in [4.78, 5) is 0. The molecule has 0 radical (unpaired) electrons. The maximum absolute atomic E-state index is 2.20. The summed E-state index contributed by atoms with van der Waals surface area (Å²) >= 11 is 0. The fourth-order valence-corrected chi connectivity index (χ4v) is 1.56. The van der Waals surface area contributed by atoms with Gasteiger partial charge in [0.05, 0.1) is 0 Å². The lowest BCUT2D eigenvalue weighted by Gasteiger charge is -1.96. The van der Waals surface area contributed by atoms with Gasteiger partial charge in [0.25, 0.3) is 0 Å². The number of hydrogen-bond acceptors (Lipinski definition) is 0. The molecule has 0 aliphatic rings. The van der Waals surface area contributed by atoms with Crippen molar-refractivity contribution >= 4 is 11.6 Å². The summed E-state index contributed by atoms with van der Waals surface area (Å²) in [6, 6.07) is 8.53. The van der Waals surface area contributed by atoms with Crippen molar-refractivity contribution < 1.29 is 0 Å². The zero-order valence-electron chi connectivity index (χ0n) is 10.4. The largest absolute Gasteiger partial charge is 0.0877 e. The van der Waals surface area contributed by atoms with Gasteiger partial charge in [0, 0.05) is 0 Å². The normalized spacial score (nSPS) is 15.1. The van der Waals surface area contributed by atoms with E-state index in [0.717, 1.165) is 6.42 Å². The minimum Gasteiger partial charge on any atom is -0.0877 e. The van der Waals surface area contributed by atoms with Crippen LogP contribution in [0.3, 0.4) is 0 Å². The Morgan fingerprint density at radius 1 is 1.12 bits per heavy atom. The molecule has 0 N–H and O–H groups in total. The van der Waals surface area contributed by atoms with Crippen LogP contribution in [0.1, 0.15) is 27.2 Å². The molecule has 1 rings (SSSR count). The van der Waals surface area contributed by atoms with Crippen LogP contribution < -0.4 is 10.4 Å². The summed E-state index contributed by atoms with van der Waals surface area (Å²) in [6.07, 6.45) is 11.5. The molecule has 0 unspecified atom stereocenters. The highest BCUT2D eigenvalue weighted by molar-refractivity contribution is 5.46. The molecule has 84 valence electrons. The van der Waals surface area contributed by atoms with Crippen LogP contribution in [0.15, 0.2) is 48.6 Å². The van der Waals surface area contributed by atoms with E-state index in [1.165, 1.54) is 16.0 Å². The Labute approximate surface area is 98.3 Å². The molecule has 0 saturated carbocycles. The van der Waals surface area contributed by atoms with Gasteiger partial charge in [-0.3, -0.25) is 0 Å². The lowest BCUT2D eigenvalue weighted by atomic mass is 10.1. The van der Waals surface area contributed by atoms with Crippen LogP contribution >= 0.6 is 0 Å². The summed E-state index contributed by atoms with van der Waals surface area (Å²) in [5.74, 6) is 0. The molecule has 0 saturated heterocycles. The average molecular weight is 212 g/mol. The molecule has 0 aliphatic heterocycles. The first-order valence-corrected chi connectivity index (χ1v) is 5.84. The molecule has 16 heavy (non-hydrogen) atoms. The maximum atomic E-state index is 2.20.